The van der Waals surface area contributed by atoms with Gasteiger partial charge in [0.2, 0.25) is 5.91 Å². The van der Waals surface area contributed by atoms with Gasteiger partial charge in [0, 0.05) is 12.5 Å². The molecule has 1 aliphatic carbocycles. The van der Waals surface area contributed by atoms with E-state index in [0.29, 0.717) is 13.0 Å². The zero-order chi connectivity index (χ0) is 15.2. The van der Waals surface area contributed by atoms with Crippen LogP contribution in [0.15, 0.2) is 0 Å². The van der Waals surface area contributed by atoms with Crippen LogP contribution in [0.1, 0.15) is 51.9 Å². The first kappa shape index (κ1) is 17.3. The van der Waals surface area contributed by atoms with Gasteiger partial charge in [0.25, 0.3) is 0 Å². The molecule has 1 fully saturated rings. The SMILES string of the molecule is CC(C1CC1)N(CC(F)(F)F)C(=O)CCCCCCN. The highest BCUT2D eigenvalue weighted by molar-refractivity contribution is 5.76. The smallest absolute Gasteiger partial charge is 0.331 e. The van der Waals surface area contributed by atoms with Crippen LogP contribution in [0.5, 0.6) is 0 Å². The summed E-state index contributed by atoms with van der Waals surface area (Å²) in [4.78, 5) is 13.1. The predicted molar refractivity (Wildman–Crippen MR) is 72.1 cm³/mol. The molecule has 118 valence electrons. The van der Waals surface area contributed by atoms with E-state index in [1.54, 1.807) is 6.92 Å². The number of carbonyl (C=O) groups is 1. The van der Waals surface area contributed by atoms with E-state index >= 15 is 0 Å². The third-order valence-corrected chi connectivity index (χ3v) is 3.81. The van der Waals surface area contributed by atoms with Crippen molar-refractivity contribution in [2.75, 3.05) is 13.1 Å². The van der Waals surface area contributed by atoms with Crippen molar-refractivity contribution in [3.63, 3.8) is 0 Å². The highest BCUT2D eigenvalue weighted by atomic mass is 19.4. The van der Waals surface area contributed by atoms with E-state index in [9.17, 15) is 18.0 Å². The maximum Gasteiger partial charge on any atom is 0.406 e. The third kappa shape index (κ3) is 6.59. The average molecular weight is 294 g/mol. The lowest BCUT2D eigenvalue weighted by Gasteiger charge is -2.30. The zero-order valence-electron chi connectivity index (χ0n) is 12.1. The normalized spacial score (nSPS) is 17.1. The van der Waals surface area contributed by atoms with Gasteiger partial charge in [0.1, 0.15) is 6.54 Å². The maximum absolute atomic E-state index is 12.6. The van der Waals surface area contributed by atoms with Gasteiger partial charge in [-0.2, -0.15) is 13.2 Å². The summed E-state index contributed by atoms with van der Waals surface area (Å²) in [5.41, 5.74) is 5.37. The van der Waals surface area contributed by atoms with E-state index in [1.165, 1.54) is 0 Å². The van der Waals surface area contributed by atoms with Crippen LogP contribution in [0.3, 0.4) is 0 Å². The van der Waals surface area contributed by atoms with E-state index in [1.807, 2.05) is 0 Å². The highest BCUT2D eigenvalue weighted by Gasteiger charge is 2.40. The Bertz CT molecular complexity index is 303. The number of carbonyl (C=O) groups excluding carboxylic acids is 1. The van der Waals surface area contributed by atoms with Gasteiger partial charge in [-0.25, -0.2) is 0 Å². The number of rotatable bonds is 9. The van der Waals surface area contributed by atoms with Crippen LogP contribution in [0.25, 0.3) is 0 Å². The molecule has 1 amide bonds. The molecule has 0 aliphatic heterocycles. The Kier molecular flexibility index (Phi) is 6.79. The number of hydrogen-bond donors (Lipinski definition) is 1. The predicted octanol–water partition coefficient (Wildman–Crippen LogP) is 3.09. The van der Waals surface area contributed by atoms with Gasteiger partial charge in [-0.1, -0.05) is 12.8 Å². The molecular weight excluding hydrogens is 269 g/mol. The number of halogens is 3. The number of hydrogen-bond acceptors (Lipinski definition) is 2. The second-order valence-electron chi connectivity index (χ2n) is 5.67. The van der Waals surface area contributed by atoms with E-state index < -0.39 is 12.7 Å². The first-order chi connectivity index (χ1) is 9.35. The van der Waals surface area contributed by atoms with Gasteiger partial charge in [0.15, 0.2) is 0 Å². The van der Waals surface area contributed by atoms with Gasteiger partial charge in [-0.3, -0.25) is 4.79 Å². The molecule has 20 heavy (non-hydrogen) atoms. The first-order valence-corrected chi connectivity index (χ1v) is 7.41. The lowest BCUT2D eigenvalue weighted by atomic mass is 10.1. The number of unbranched alkanes of at least 4 members (excludes halogenated alkanes) is 3. The van der Waals surface area contributed by atoms with Crippen molar-refractivity contribution in [1.29, 1.82) is 0 Å². The van der Waals surface area contributed by atoms with Gasteiger partial charge in [-0.05, 0) is 45.1 Å². The van der Waals surface area contributed by atoms with Gasteiger partial charge < -0.3 is 10.6 Å². The molecule has 1 atom stereocenters. The molecule has 0 heterocycles. The van der Waals surface area contributed by atoms with Gasteiger partial charge >= 0.3 is 6.18 Å². The fourth-order valence-corrected chi connectivity index (χ4v) is 2.40. The minimum absolute atomic E-state index is 0.206. The number of amides is 1. The third-order valence-electron chi connectivity index (χ3n) is 3.81. The minimum Gasteiger partial charge on any atom is -0.331 e. The molecule has 0 aromatic carbocycles. The van der Waals surface area contributed by atoms with Crippen molar-refractivity contribution < 1.29 is 18.0 Å². The summed E-state index contributed by atoms with van der Waals surface area (Å²) in [5.74, 6) is -0.118. The molecule has 1 saturated carbocycles. The van der Waals surface area contributed by atoms with Crippen molar-refractivity contribution in [2.24, 2.45) is 11.7 Å². The van der Waals surface area contributed by atoms with Crippen LogP contribution in [0.2, 0.25) is 0 Å². The first-order valence-electron chi connectivity index (χ1n) is 7.41. The summed E-state index contributed by atoms with van der Waals surface area (Å²) in [6.45, 7) is 1.23. The van der Waals surface area contributed by atoms with Crippen molar-refractivity contribution in [1.82, 2.24) is 4.90 Å². The quantitative estimate of drug-likeness (QED) is 0.664. The Morgan fingerprint density at radius 1 is 1.25 bits per heavy atom. The molecular formula is C14H25F3N2O. The Balaban J connectivity index is 2.42. The topological polar surface area (TPSA) is 46.3 Å². The Morgan fingerprint density at radius 3 is 2.35 bits per heavy atom. The van der Waals surface area contributed by atoms with Gasteiger partial charge in [-0.15, -0.1) is 0 Å². The van der Waals surface area contributed by atoms with E-state index in [-0.39, 0.29) is 24.3 Å². The standard InChI is InChI=1S/C14H25F3N2O/c1-11(12-7-8-12)19(10-14(15,16)17)13(20)6-4-2-3-5-9-18/h11-12H,2-10,18H2,1H3. The molecule has 1 unspecified atom stereocenters. The van der Waals surface area contributed by atoms with Crippen molar-refractivity contribution >= 4 is 5.91 Å². The molecule has 0 saturated heterocycles. The largest absolute Gasteiger partial charge is 0.406 e. The van der Waals surface area contributed by atoms with E-state index in [0.717, 1.165) is 37.0 Å². The molecule has 0 spiro atoms. The van der Waals surface area contributed by atoms with Gasteiger partial charge in [0.05, 0.1) is 0 Å². The Hall–Kier alpha value is -0.780. The van der Waals surface area contributed by atoms with E-state index in [4.69, 9.17) is 5.73 Å². The summed E-state index contributed by atoms with van der Waals surface area (Å²) in [6.07, 6.45) is 1.07. The molecule has 1 aliphatic rings. The van der Waals surface area contributed by atoms with Crippen LogP contribution in [-0.4, -0.2) is 36.1 Å². The molecule has 3 nitrogen and oxygen atoms in total. The maximum atomic E-state index is 12.6. The van der Waals surface area contributed by atoms with Crippen molar-refractivity contribution in [3.05, 3.63) is 0 Å². The Labute approximate surface area is 118 Å². The second kappa shape index (κ2) is 7.86. The number of nitrogens with two attached hydrogens (primary N) is 1. The lowest BCUT2D eigenvalue weighted by molar-refractivity contribution is -0.166. The summed E-state index contributed by atoms with van der Waals surface area (Å²) in [6, 6.07) is -0.298. The molecule has 0 radical (unpaired) electrons. The second-order valence-corrected chi connectivity index (χ2v) is 5.67. The summed E-state index contributed by atoms with van der Waals surface area (Å²) in [7, 11) is 0. The molecule has 2 N–H and O–H groups in total. The van der Waals surface area contributed by atoms with Crippen molar-refractivity contribution in [2.45, 2.75) is 64.1 Å². The molecule has 0 aromatic heterocycles. The lowest BCUT2D eigenvalue weighted by Crippen LogP contribution is -2.45. The molecule has 6 heteroatoms. The van der Waals surface area contributed by atoms with Crippen molar-refractivity contribution in [3.8, 4) is 0 Å². The number of nitrogens with zero attached hydrogens (tertiary/aromatic N) is 1. The zero-order valence-corrected chi connectivity index (χ0v) is 12.1. The van der Waals surface area contributed by atoms with Crippen LogP contribution in [-0.2, 0) is 4.79 Å². The summed E-state index contributed by atoms with van der Waals surface area (Å²) < 4.78 is 37.8. The minimum atomic E-state index is -4.32. The van der Waals surface area contributed by atoms with E-state index in [2.05, 4.69) is 0 Å². The molecule has 0 bridgehead atoms. The highest BCUT2D eigenvalue weighted by Crippen LogP contribution is 2.36. The fraction of sp³-hybridized carbons (Fsp3) is 0.929. The van der Waals surface area contributed by atoms with Crippen LogP contribution in [0.4, 0.5) is 13.2 Å². The fourth-order valence-electron chi connectivity index (χ4n) is 2.40. The monoisotopic (exact) mass is 294 g/mol. The average Bonchev–Trinajstić information content (AvgIpc) is 3.17. The molecule has 0 aromatic rings. The van der Waals surface area contributed by atoms with Crippen LogP contribution in [0, 0.1) is 5.92 Å². The summed E-state index contributed by atoms with van der Waals surface area (Å²) >= 11 is 0. The Morgan fingerprint density at radius 2 is 1.85 bits per heavy atom. The van der Waals surface area contributed by atoms with Crippen LogP contribution >= 0.6 is 0 Å². The number of alkyl halides is 3. The van der Waals surface area contributed by atoms with Crippen LogP contribution < -0.4 is 5.73 Å². The molecule has 1 rings (SSSR count). The summed E-state index contributed by atoms with van der Waals surface area (Å²) in [5, 5.41) is 0.